The van der Waals surface area contributed by atoms with E-state index in [9.17, 15) is 9.18 Å². The van der Waals surface area contributed by atoms with Gasteiger partial charge in [0.2, 0.25) is 0 Å². The molecule has 0 bridgehead atoms. The molecule has 0 saturated carbocycles. The van der Waals surface area contributed by atoms with E-state index in [1.807, 2.05) is 13.8 Å². The molecule has 0 fully saturated rings. The molecule has 0 amide bonds. The second-order valence-electron chi connectivity index (χ2n) is 4.04. The maximum absolute atomic E-state index is 13.1. The van der Waals surface area contributed by atoms with Gasteiger partial charge in [-0.1, -0.05) is 19.4 Å². The highest BCUT2D eigenvalue weighted by atomic mass is 19.1. The third-order valence-corrected chi connectivity index (χ3v) is 2.76. The van der Waals surface area contributed by atoms with Crippen LogP contribution in [0.15, 0.2) is 18.2 Å². The second kappa shape index (κ2) is 5.75. The Morgan fingerprint density at radius 2 is 2.19 bits per heavy atom. The van der Waals surface area contributed by atoms with Crippen LogP contribution in [0, 0.1) is 18.7 Å². The number of hydrogen-bond donors (Lipinski definition) is 1. The Balaban J connectivity index is 2.98. The first-order valence-electron chi connectivity index (χ1n) is 5.60. The van der Waals surface area contributed by atoms with Crippen molar-refractivity contribution in [2.24, 2.45) is 11.7 Å². The lowest BCUT2D eigenvalue weighted by molar-refractivity contribution is 0.0916. The largest absolute Gasteiger partial charge is 0.330 e. The van der Waals surface area contributed by atoms with Gasteiger partial charge in [0.1, 0.15) is 5.82 Å². The lowest BCUT2D eigenvalue weighted by Gasteiger charge is -2.14. The summed E-state index contributed by atoms with van der Waals surface area (Å²) in [6.45, 7) is 4.14. The van der Waals surface area contributed by atoms with E-state index >= 15 is 0 Å². The zero-order valence-electron chi connectivity index (χ0n) is 9.79. The van der Waals surface area contributed by atoms with E-state index in [-0.39, 0.29) is 17.5 Å². The second-order valence-corrected chi connectivity index (χ2v) is 4.04. The summed E-state index contributed by atoms with van der Waals surface area (Å²) in [5, 5.41) is 0. The number of rotatable bonds is 5. The van der Waals surface area contributed by atoms with Gasteiger partial charge in [-0.15, -0.1) is 0 Å². The maximum Gasteiger partial charge on any atom is 0.167 e. The average Bonchev–Trinajstić information content (AvgIpc) is 2.28. The number of carbonyl (C=O) groups excluding carboxylic acids is 1. The summed E-state index contributed by atoms with van der Waals surface area (Å²) >= 11 is 0. The average molecular weight is 223 g/mol. The standard InChI is InChI=1S/C13H18FNO/c1-3-4-10(8-15)13(16)12-7-11(14)6-5-9(12)2/h5-7,10H,3-4,8,15H2,1-2H3. The van der Waals surface area contributed by atoms with Gasteiger partial charge < -0.3 is 5.73 Å². The monoisotopic (exact) mass is 223 g/mol. The molecule has 0 aromatic heterocycles. The van der Waals surface area contributed by atoms with Crippen molar-refractivity contribution in [1.29, 1.82) is 0 Å². The molecule has 0 saturated heterocycles. The van der Waals surface area contributed by atoms with Crippen LogP contribution in [0.2, 0.25) is 0 Å². The van der Waals surface area contributed by atoms with Crippen LogP contribution in [-0.2, 0) is 0 Å². The molecule has 2 N–H and O–H groups in total. The molecule has 1 aromatic rings. The van der Waals surface area contributed by atoms with Gasteiger partial charge in [0.15, 0.2) is 5.78 Å². The van der Waals surface area contributed by atoms with Crippen LogP contribution in [0.3, 0.4) is 0 Å². The number of hydrogen-bond acceptors (Lipinski definition) is 2. The number of halogens is 1. The SMILES string of the molecule is CCCC(CN)C(=O)c1cc(F)ccc1C. The fourth-order valence-electron chi connectivity index (χ4n) is 1.78. The summed E-state index contributed by atoms with van der Waals surface area (Å²) < 4.78 is 13.1. The lowest BCUT2D eigenvalue weighted by atomic mass is 9.91. The Labute approximate surface area is 95.7 Å². The van der Waals surface area contributed by atoms with Crippen molar-refractivity contribution in [2.45, 2.75) is 26.7 Å². The molecule has 16 heavy (non-hydrogen) atoms. The molecule has 2 nitrogen and oxygen atoms in total. The fourth-order valence-corrected chi connectivity index (χ4v) is 1.78. The number of aryl methyl sites for hydroxylation is 1. The fraction of sp³-hybridized carbons (Fsp3) is 0.462. The molecule has 0 radical (unpaired) electrons. The van der Waals surface area contributed by atoms with Crippen LogP contribution in [0.25, 0.3) is 0 Å². The van der Waals surface area contributed by atoms with Crippen molar-refractivity contribution >= 4 is 5.78 Å². The minimum Gasteiger partial charge on any atom is -0.330 e. The van der Waals surface area contributed by atoms with Crippen LogP contribution in [0.1, 0.15) is 35.7 Å². The summed E-state index contributed by atoms with van der Waals surface area (Å²) in [4.78, 5) is 12.1. The van der Waals surface area contributed by atoms with E-state index in [1.54, 1.807) is 6.07 Å². The summed E-state index contributed by atoms with van der Waals surface area (Å²) in [5.41, 5.74) is 6.84. The minimum atomic E-state index is -0.374. The van der Waals surface area contributed by atoms with Crippen molar-refractivity contribution in [2.75, 3.05) is 6.54 Å². The van der Waals surface area contributed by atoms with E-state index in [0.717, 1.165) is 18.4 Å². The Morgan fingerprint density at radius 3 is 2.75 bits per heavy atom. The van der Waals surface area contributed by atoms with E-state index in [0.29, 0.717) is 12.1 Å². The first-order valence-corrected chi connectivity index (χ1v) is 5.60. The Bertz CT molecular complexity index is 376. The van der Waals surface area contributed by atoms with Crippen molar-refractivity contribution in [3.8, 4) is 0 Å². The Hall–Kier alpha value is -1.22. The lowest BCUT2D eigenvalue weighted by Crippen LogP contribution is -2.24. The number of carbonyl (C=O) groups is 1. The number of Topliss-reactive ketones (excluding diaryl/α,β-unsaturated/α-hetero) is 1. The van der Waals surface area contributed by atoms with E-state index in [1.165, 1.54) is 12.1 Å². The predicted octanol–water partition coefficient (Wildman–Crippen LogP) is 2.69. The van der Waals surface area contributed by atoms with Crippen molar-refractivity contribution in [1.82, 2.24) is 0 Å². The van der Waals surface area contributed by atoms with Crippen LogP contribution in [0.5, 0.6) is 0 Å². The predicted molar refractivity (Wildman–Crippen MR) is 62.9 cm³/mol. The highest BCUT2D eigenvalue weighted by Gasteiger charge is 2.19. The summed E-state index contributed by atoms with van der Waals surface area (Å²) in [6, 6.07) is 4.29. The van der Waals surface area contributed by atoms with Crippen LogP contribution in [-0.4, -0.2) is 12.3 Å². The Kier molecular flexibility index (Phi) is 4.62. The molecule has 88 valence electrons. The quantitative estimate of drug-likeness (QED) is 0.780. The van der Waals surface area contributed by atoms with Gasteiger partial charge >= 0.3 is 0 Å². The smallest absolute Gasteiger partial charge is 0.167 e. The molecule has 3 heteroatoms. The first-order chi connectivity index (χ1) is 7.60. The van der Waals surface area contributed by atoms with Gasteiger partial charge in [-0.2, -0.15) is 0 Å². The van der Waals surface area contributed by atoms with Gasteiger partial charge in [0.05, 0.1) is 0 Å². The first kappa shape index (κ1) is 12.8. The highest BCUT2D eigenvalue weighted by molar-refractivity contribution is 5.99. The van der Waals surface area contributed by atoms with E-state index in [4.69, 9.17) is 5.73 Å². The van der Waals surface area contributed by atoms with Gasteiger partial charge in [0, 0.05) is 18.0 Å². The molecule has 0 aliphatic heterocycles. The minimum absolute atomic E-state index is 0.0404. The Morgan fingerprint density at radius 1 is 1.50 bits per heavy atom. The summed E-state index contributed by atoms with van der Waals surface area (Å²) in [6.07, 6.45) is 1.66. The topological polar surface area (TPSA) is 43.1 Å². The van der Waals surface area contributed by atoms with Crippen LogP contribution < -0.4 is 5.73 Å². The molecule has 0 aliphatic rings. The molecule has 1 atom stereocenters. The molecular formula is C13H18FNO. The summed E-state index contributed by atoms with van der Waals surface area (Å²) in [5.74, 6) is -0.604. The molecule has 1 rings (SSSR count). The molecule has 1 unspecified atom stereocenters. The number of benzene rings is 1. The third-order valence-electron chi connectivity index (χ3n) is 2.76. The molecular weight excluding hydrogens is 205 g/mol. The zero-order chi connectivity index (χ0) is 12.1. The zero-order valence-corrected chi connectivity index (χ0v) is 9.79. The maximum atomic E-state index is 13.1. The molecule has 1 aromatic carbocycles. The van der Waals surface area contributed by atoms with Crippen molar-refractivity contribution < 1.29 is 9.18 Å². The van der Waals surface area contributed by atoms with E-state index < -0.39 is 0 Å². The van der Waals surface area contributed by atoms with Gasteiger partial charge in [-0.25, -0.2) is 4.39 Å². The van der Waals surface area contributed by atoms with E-state index in [2.05, 4.69) is 0 Å². The molecule has 0 heterocycles. The highest BCUT2D eigenvalue weighted by Crippen LogP contribution is 2.17. The number of ketones is 1. The van der Waals surface area contributed by atoms with Crippen LogP contribution >= 0.6 is 0 Å². The van der Waals surface area contributed by atoms with Crippen molar-refractivity contribution in [3.63, 3.8) is 0 Å². The summed E-state index contributed by atoms with van der Waals surface area (Å²) in [7, 11) is 0. The van der Waals surface area contributed by atoms with Gasteiger partial charge in [-0.3, -0.25) is 4.79 Å². The normalized spacial score (nSPS) is 12.5. The molecule has 0 spiro atoms. The van der Waals surface area contributed by atoms with Crippen LogP contribution in [0.4, 0.5) is 4.39 Å². The molecule has 0 aliphatic carbocycles. The third kappa shape index (κ3) is 2.89. The van der Waals surface area contributed by atoms with Gasteiger partial charge in [-0.05, 0) is 31.0 Å². The number of nitrogens with two attached hydrogens (primary N) is 1. The van der Waals surface area contributed by atoms with Gasteiger partial charge in [0.25, 0.3) is 0 Å². The van der Waals surface area contributed by atoms with Crippen molar-refractivity contribution in [3.05, 3.63) is 35.1 Å².